The van der Waals surface area contributed by atoms with Crippen molar-refractivity contribution in [1.82, 2.24) is 0 Å². The van der Waals surface area contributed by atoms with Crippen LogP contribution in [0.1, 0.15) is 6.42 Å². The maximum Gasteiger partial charge on any atom is 0.0902 e. The normalized spacial score (nSPS) is 10.1. The molecule has 0 aliphatic heterocycles. The lowest BCUT2D eigenvalue weighted by atomic mass is 10.6. The third kappa shape index (κ3) is 2.71. The van der Waals surface area contributed by atoms with E-state index >= 15 is 0 Å². The van der Waals surface area contributed by atoms with Crippen molar-refractivity contribution in [3.8, 4) is 0 Å². The Kier molecular flexibility index (Phi) is 3.83. The van der Waals surface area contributed by atoms with E-state index in [0.29, 0.717) is 6.42 Å². The highest BCUT2D eigenvalue weighted by Gasteiger charge is 1.92. The van der Waals surface area contributed by atoms with Crippen LogP contribution in [0, 0.1) is 0 Å². The molecule has 0 nitrogen and oxygen atoms in total. The average Bonchev–Trinajstić information content (AvgIpc) is 2.41. The van der Waals surface area contributed by atoms with Gasteiger partial charge in [0, 0.05) is 5.75 Å². The van der Waals surface area contributed by atoms with Crippen LogP contribution in [0.15, 0.2) is 21.7 Å². The van der Waals surface area contributed by atoms with Crippen molar-refractivity contribution in [3.63, 3.8) is 0 Å². The molecular weight excluding hydrogens is 167 g/mol. The van der Waals surface area contributed by atoms with Gasteiger partial charge in [-0.1, -0.05) is 6.07 Å². The minimum Gasteiger partial charge on any atom is -0.251 e. The number of halogens is 1. The van der Waals surface area contributed by atoms with Crippen molar-refractivity contribution in [2.75, 3.05) is 12.4 Å². The fourth-order valence-corrected chi connectivity index (χ4v) is 2.34. The van der Waals surface area contributed by atoms with Crippen molar-refractivity contribution in [2.24, 2.45) is 0 Å². The molecule has 3 heteroatoms. The summed E-state index contributed by atoms with van der Waals surface area (Å²) in [6, 6.07) is 4.08. The highest BCUT2D eigenvalue weighted by atomic mass is 32.2. The van der Waals surface area contributed by atoms with Gasteiger partial charge in [0.25, 0.3) is 0 Å². The molecule has 0 amide bonds. The zero-order valence-corrected chi connectivity index (χ0v) is 7.18. The molecule has 56 valence electrons. The molecule has 0 saturated heterocycles. The van der Waals surface area contributed by atoms with Crippen LogP contribution in [0.25, 0.3) is 0 Å². The van der Waals surface area contributed by atoms with Crippen LogP contribution in [-0.4, -0.2) is 12.4 Å². The largest absolute Gasteiger partial charge is 0.251 e. The summed E-state index contributed by atoms with van der Waals surface area (Å²) in [5, 5.41) is 2.04. The van der Waals surface area contributed by atoms with Crippen molar-refractivity contribution < 1.29 is 4.39 Å². The maximum atomic E-state index is 11.6. The highest BCUT2D eigenvalue weighted by molar-refractivity contribution is 8.01. The fraction of sp³-hybridized carbons (Fsp3) is 0.429. The summed E-state index contributed by atoms with van der Waals surface area (Å²) in [6.07, 6.45) is 0.669. The average molecular weight is 176 g/mol. The van der Waals surface area contributed by atoms with Crippen LogP contribution >= 0.6 is 23.1 Å². The number of hydrogen-bond donors (Lipinski definition) is 0. The van der Waals surface area contributed by atoms with Gasteiger partial charge in [-0.05, 0) is 17.9 Å². The number of thiophene rings is 1. The summed E-state index contributed by atoms with van der Waals surface area (Å²) in [5.74, 6) is 0.900. The Bertz CT molecular complexity index is 160. The van der Waals surface area contributed by atoms with E-state index in [9.17, 15) is 4.39 Å². The molecule has 0 radical (unpaired) electrons. The van der Waals surface area contributed by atoms with Gasteiger partial charge in [0.05, 0.1) is 10.9 Å². The minimum absolute atomic E-state index is 0.196. The molecule has 0 fully saturated rings. The van der Waals surface area contributed by atoms with Crippen molar-refractivity contribution >= 4 is 23.1 Å². The number of alkyl halides is 1. The first-order valence-electron chi connectivity index (χ1n) is 3.16. The first kappa shape index (κ1) is 8.08. The second-order valence-corrected chi connectivity index (χ2v) is 4.17. The molecule has 0 aliphatic carbocycles. The van der Waals surface area contributed by atoms with E-state index in [4.69, 9.17) is 0 Å². The van der Waals surface area contributed by atoms with E-state index in [2.05, 4.69) is 6.07 Å². The molecule has 1 heterocycles. The van der Waals surface area contributed by atoms with Gasteiger partial charge in [-0.2, -0.15) is 0 Å². The Labute approximate surface area is 68.5 Å². The molecule has 1 aromatic heterocycles. The molecular formula is C7H9FS2. The van der Waals surface area contributed by atoms with Crippen LogP contribution in [0.3, 0.4) is 0 Å². The SMILES string of the molecule is FCCCSc1cccs1. The van der Waals surface area contributed by atoms with Gasteiger partial charge in [-0.15, -0.1) is 23.1 Å². The van der Waals surface area contributed by atoms with Crippen LogP contribution in [0.4, 0.5) is 4.39 Å². The van der Waals surface area contributed by atoms with Crippen LogP contribution in [0.5, 0.6) is 0 Å². The molecule has 0 bridgehead atoms. The van der Waals surface area contributed by atoms with E-state index < -0.39 is 0 Å². The van der Waals surface area contributed by atoms with E-state index in [-0.39, 0.29) is 6.67 Å². The summed E-state index contributed by atoms with van der Waals surface area (Å²) in [7, 11) is 0. The molecule has 10 heavy (non-hydrogen) atoms. The van der Waals surface area contributed by atoms with Gasteiger partial charge >= 0.3 is 0 Å². The topological polar surface area (TPSA) is 0 Å². The van der Waals surface area contributed by atoms with Crippen molar-refractivity contribution in [2.45, 2.75) is 10.6 Å². The number of thioether (sulfide) groups is 1. The van der Waals surface area contributed by atoms with Gasteiger partial charge < -0.3 is 0 Å². The third-order valence-electron chi connectivity index (χ3n) is 1.02. The Balaban J connectivity index is 2.15. The standard InChI is InChI=1S/C7H9FS2/c8-4-2-6-10-7-3-1-5-9-7/h1,3,5H,2,4,6H2. The zero-order valence-electron chi connectivity index (χ0n) is 5.55. The smallest absolute Gasteiger partial charge is 0.0902 e. The van der Waals surface area contributed by atoms with Gasteiger partial charge in [-0.25, -0.2) is 0 Å². The summed E-state index contributed by atoms with van der Waals surface area (Å²) < 4.78 is 12.9. The molecule has 0 unspecified atom stereocenters. The van der Waals surface area contributed by atoms with Gasteiger partial charge in [0.15, 0.2) is 0 Å². The lowest BCUT2D eigenvalue weighted by Gasteiger charge is -1.92. The summed E-state index contributed by atoms with van der Waals surface area (Å²) in [4.78, 5) is 0. The van der Waals surface area contributed by atoms with Crippen molar-refractivity contribution in [3.05, 3.63) is 17.5 Å². The van der Waals surface area contributed by atoms with Crippen LogP contribution < -0.4 is 0 Å². The molecule has 0 aliphatic rings. The van der Waals surface area contributed by atoms with E-state index in [1.807, 2.05) is 11.4 Å². The predicted octanol–water partition coefficient (Wildman–Crippen LogP) is 3.20. The van der Waals surface area contributed by atoms with E-state index in [1.165, 1.54) is 4.21 Å². The Morgan fingerprint density at radius 2 is 2.50 bits per heavy atom. The van der Waals surface area contributed by atoms with Crippen LogP contribution in [0.2, 0.25) is 0 Å². The Morgan fingerprint density at radius 1 is 1.60 bits per heavy atom. The summed E-state index contributed by atoms with van der Waals surface area (Å²) >= 11 is 3.44. The first-order chi connectivity index (χ1) is 4.93. The minimum atomic E-state index is -0.196. The van der Waals surface area contributed by atoms with Gasteiger partial charge in [-0.3, -0.25) is 4.39 Å². The molecule has 0 aromatic carbocycles. The summed E-state index contributed by atoms with van der Waals surface area (Å²) in [6.45, 7) is -0.196. The molecule has 1 rings (SSSR count). The second kappa shape index (κ2) is 4.74. The second-order valence-electron chi connectivity index (χ2n) is 1.82. The highest BCUT2D eigenvalue weighted by Crippen LogP contribution is 2.23. The Morgan fingerprint density at radius 3 is 3.10 bits per heavy atom. The predicted molar refractivity (Wildman–Crippen MR) is 45.6 cm³/mol. The molecule has 1 aromatic rings. The maximum absolute atomic E-state index is 11.6. The van der Waals surface area contributed by atoms with E-state index in [0.717, 1.165) is 5.75 Å². The molecule has 0 saturated carbocycles. The monoisotopic (exact) mass is 176 g/mol. The quantitative estimate of drug-likeness (QED) is 0.501. The third-order valence-corrected chi connectivity index (χ3v) is 3.23. The number of hydrogen-bond acceptors (Lipinski definition) is 2. The fourth-order valence-electron chi connectivity index (χ4n) is 0.573. The lowest BCUT2D eigenvalue weighted by Crippen LogP contribution is -1.78. The Hall–Kier alpha value is -0.0200. The van der Waals surface area contributed by atoms with Crippen LogP contribution in [-0.2, 0) is 0 Å². The van der Waals surface area contributed by atoms with E-state index in [1.54, 1.807) is 23.1 Å². The van der Waals surface area contributed by atoms with Gasteiger partial charge in [0.1, 0.15) is 0 Å². The lowest BCUT2D eigenvalue weighted by molar-refractivity contribution is 0.489. The number of rotatable bonds is 4. The van der Waals surface area contributed by atoms with Gasteiger partial charge in [0.2, 0.25) is 0 Å². The summed E-state index contributed by atoms with van der Waals surface area (Å²) in [5.41, 5.74) is 0. The zero-order chi connectivity index (χ0) is 7.23. The molecule has 0 spiro atoms. The van der Waals surface area contributed by atoms with Crippen molar-refractivity contribution in [1.29, 1.82) is 0 Å². The first-order valence-corrected chi connectivity index (χ1v) is 5.02. The molecule has 0 atom stereocenters. The molecule has 0 N–H and O–H groups in total.